The molecule has 0 fully saturated rings. The summed E-state index contributed by atoms with van der Waals surface area (Å²) >= 11 is 1.80. The van der Waals surface area contributed by atoms with Gasteiger partial charge in [-0.25, -0.2) is 4.98 Å². The first-order chi connectivity index (χ1) is 8.26. The number of nitrogens with one attached hydrogen (secondary N) is 2. The molecule has 5 heteroatoms. The first-order valence-electron chi connectivity index (χ1n) is 6.13. The summed E-state index contributed by atoms with van der Waals surface area (Å²) in [4.78, 5) is 18.7. The highest BCUT2D eigenvalue weighted by atomic mass is 32.2. The van der Waals surface area contributed by atoms with Gasteiger partial charge in [0.1, 0.15) is 5.82 Å². The maximum Gasteiger partial charge on any atom is 0.251 e. The largest absolute Gasteiger partial charge is 0.311 e. The third-order valence-electron chi connectivity index (χ3n) is 2.16. The van der Waals surface area contributed by atoms with Crippen molar-refractivity contribution in [3.63, 3.8) is 0 Å². The summed E-state index contributed by atoms with van der Waals surface area (Å²) < 4.78 is 0. The van der Waals surface area contributed by atoms with Gasteiger partial charge in [-0.15, -0.1) is 0 Å². The van der Waals surface area contributed by atoms with E-state index in [4.69, 9.17) is 0 Å². The summed E-state index contributed by atoms with van der Waals surface area (Å²) in [5.74, 6) is 2.66. The zero-order valence-electron chi connectivity index (χ0n) is 10.6. The van der Waals surface area contributed by atoms with E-state index in [1.54, 1.807) is 17.8 Å². The number of rotatable bonds is 8. The molecule has 4 nitrogen and oxygen atoms in total. The predicted molar refractivity (Wildman–Crippen MR) is 73.3 cm³/mol. The Morgan fingerprint density at radius 1 is 1.41 bits per heavy atom. The van der Waals surface area contributed by atoms with Crippen molar-refractivity contribution < 1.29 is 0 Å². The van der Waals surface area contributed by atoms with E-state index in [1.165, 1.54) is 0 Å². The molecule has 2 N–H and O–H groups in total. The Kier molecular flexibility index (Phi) is 6.96. The molecule has 0 aliphatic carbocycles. The van der Waals surface area contributed by atoms with Gasteiger partial charge in [0.25, 0.3) is 5.56 Å². The van der Waals surface area contributed by atoms with Crippen LogP contribution in [-0.2, 0) is 12.3 Å². The lowest BCUT2D eigenvalue weighted by molar-refractivity contribution is 0.659. The molecular weight excluding hydrogens is 234 g/mol. The lowest BCUT2D eigenvalue weighted by Crippen LogP contribution is -2.19. The highest BCUT2D eigenvalue weighted by Gasteiger charge is 2.01. The van der Waals surface area contributed by atoms with Crippen LogP contribution in [0.1, 0.15) is 38.2 Å². The van der Waals surface area contributed by atoms with E-state index in [-0.39, 0.29) is 5.56 Å². The van der Waals surface area contributed by atoms with Gasteiger partial charge >= 0.3 is 0 Å². The second-order valence-corrected chi connectivity index (χ2v) is 5.02. The van der Waals surface area contributed by atoms with E-state index < -0.39 is 0 Å². The molecule has 1 aromatic heterocycles. The molecule has 0 amide bonds. The molecule has 0 atom stereocenters. The van der Waals surface area contributed by atoms with Crippen LogP contribution >= 0.6 is 11.8 Å². The monoisotopic (exact) mass is 255 g/mol. The number of hydrogen-bond donors (Lipinski definition) is 2. The number of nitrogens with zero attached hydrogens (tertiary/aromatic N) is 1. The Labute approximate surface area is 107 Å². The third kappa shape index (κ3) is 5.89. The fourth-order valence-corrected chi connectivity index (χ4v) is 2.19. The summed E-state index contributed by atoms with van der Waals surface area (Å²) in [6.07, 6.45) is 2.23. The molecule has 96 valence electrons. The van der Waals surface area contributed by atoms with Crippen molar-refractivity contribution in [3.8, 4) is 0 Å². The Balaban J connectivity index is 2.56. The summed E-state index contributed by atoms with van der Waals surface area (Å²) in [5, 5.41) is 3.25. The normalized spacial score (nSPS) is 10.7. The van der Waals surface area contributed by atoms with Gasteiger partial charge in [-0.2, -0.15) is 11.8 Å². The first-order valence-corrected chi connectivity index (χ1v) is 7.29. The molecule has 0 aliphatic rings. The van der Waals surface area contributed by atoms with Crippen LogP contribution < -0.4 is 10.9 Å². The highest BCUT2D eigenvalue weighted by molar-refractivity contribution is 7.98. The molecule has 0 radical (unpaired) electrons. The molecular formula is C12H21N3OS. The number of aromatic nitrogens is 2. The Morgan fingerprint density at radius 3 is 2.94 bits per heavy atom. The van der Waals surface area contributed by atoms with E-state index in [9.17, 15) is 4.79 Å². The topological polar surface area (TPSA) is 57.8 Å². The second kappa shape index (κ2) is 8.31. The van der Waals surface area contributed by atoms with Gasteiger partial charge in [0, 0.05) is 12.6 Å². The van der Waals surface area contributed by atoms with Crippen LogP contribution in [0.4, 0.5) is 0 Å². The minimum Gasteiger partial charge on any atom is -0.311 e. The molecule has 1 rings (SSSR count). The SMILES string of the molecule is CCCNCc1cc(=O)[nH]c(CSCCC)n1. The Morgan fingerprint density at radius 2 is 2.24 bits per heavy atom. The standard InChI is InChI=1S/C12H21N3OS/c1-3-5-13-8-10-7-12(16)15-11(14-10)9-17-6-4-2/h7,13H,3-6,8-9H2,1-2H3,(H,14,15,16). The Bertz CT molecular complexity index is 347. The van der Waals surface area contributed by atoms with Crippen molar-refractivity contribution in [3.05, 3.63) is 27.9 Å². The van der Waals surface area contributed by atoms with E-state index in [1.807, 2.05) is 0 Å². The number of hydrogen-bond acceptors (Lipinski definition) is 4. The van der Waals surface area contributed by atoms with Crippen LogP contribution in [-0.4, -0.2) is 22.3 Å². The van der Waals surface area contributed by atoms with Crippen molar-refractivity contribution in [2.45, 2.75) is 39.0 Å². The zero-order chi connectivity index (χ0) is 12.5. The molecule has 0 bridgehead atoms. The minimum absolute atomic E-state index is 0.0552. The van der Waals surface area contributed by atoms with Crippen molar-refractivity contribution in [1.29, 1.82) is 0 Å². The van der Waals surface area contributed by atoms with Gasteiger partial charge in [0.05, 0.1) is 11.4 Å². The van der Waals surface area contributed by atoms with Gasteiger partial charge in [0.2, 0.25) is 0 Å². The molecule has 0 aromatic carbocycles. The van der Waals surface area contributed by atoms with Gasteiger partial charge in [0.15, 0.2) is 0 Å². The van der Waals surface area contributed by atoms with Gasteiger partial charge < -0.3 is 10.3 Å². The molecule has 0 aliphatic heterocycles. The van der Waals surface area contributed by atoms with Crippen LogP contribution in [0.15, 0.2) is 10.9 Å². The molecule has 17 heavy (non-hydrogen) atoms. The van der Waals surface area contributed by atoms with Crippen LogP contribution in [0.3, 0.4) is 0 Å². The fourth-order valence-electron chi connectivity index (χ4n) is 1.43. The van der Waals surface area contributed by atoms with Gasteiger partial charge in [-0.1, -0.05) is 13.8 Å². The summed E-state index contributed by atoms with van der Waals surface area (Å²) in [6.45, 7) is 5.89. The van der Waals surface area contributed by atoms with Crippen LogP contribution in [0.5, 0.6) is 0 Å². The van der Waals surface area contributed by atoms with Crippen molar-refractivity contribution in [2.24, 2.45) is 0 Å². The fraction of sp³-hybridized carbons (Fsp3) is 0.667. The molecule has 1 heterocycles. The maximum absolute atomic E-state index is 11.4. The maximum atomic E-state index is 11.4. The van der Waals surface area contributed by atoms with Crippen molar-refractivity contribution in [2.75, 3.05) is 12.3 Å². The molecule has 1 aromatic rings. The lowest BCUT2D eigenvalue weighted by Gasteiger charge is -2.05. The second-order valence-electron chi connectivity index (χ2n) is 3.91. The smallest absolute Gasteiger partial charge is 0.251 e. The molecule has 0 unspecified atom stereocenters. The molecule has 0 saturated heterocycles. The van der Waals surface area contributed by atoms with E-state index >= 15 is 0 Å². The van der Waals surface area contributed by atoms with Crippen LogP contribution in [0, 0.1) is 0 Å². The number of thioether (sulfide) groups is 1. The van der Waals surface area contributed by atoms with E-state index in [0.717, 1.165) is 42.4 Å². The van der Waals surface area contributed by atoms with Gasteiger partial charge in [-0.3, -0.25) is 4.79 Å². The average Bonchev–Trinajstić information content (AvgIpc) is 2.29. The van der Waals surface area contributed by atoms with Crippen LogP contribution in [0.2, 0.25) is 0 Å². The number of H-pyrrole nitrogens is 1. The lowest BCUT2D eigenvalue weighted by atomic mass is 10.3. The molecule has 0 saturated carbocycles. The van der Waals surface area contributed by atoms with Gasteiger partial charge in [-0.05, 0) is 25.1 Å². The summed E-state index contributed by atoms with van der Waals surface area (Å²) in [7, 11) is 0. The third-order valence-corrected chi connectivity index (χ3v) is 3.34. The summed E-state index contributed by atoms with van der Waals surface area (Å²) in [6, 6.07) is 1.57. The zero-order valence-corrected chi connectivity index (χ0v) is 11.4. The average molecular weight is 255 g/mol. The van der Waals surface area contributed by atoms with Crippen molar-refractivity contribution >= 4 is 11.8 Å². The quantitative estimate of drug-likeness (QED) is 0.697. The van der Waals surface area contributed by atoms with E-state index in [2.05, 4.69) is 29.1 Å². The van der Waals surface area contributed by atoms with Crippen LogP contribution in [0.25, 0.3) is 0 Å². The minimum atomic E-state index is -0.0552. The predicted octanol–water partition coefficient (Wildman–Crippen LogP) is 1.91. The van der Waals surface area contributed by atoms with Crippen molar-refractivity contribution in [1.82, 2.24) is 15.3 Å². The number of aromatic amines is 1. The van der Waals surface area contributed by atoms with E-state index in [0.29, 0.717) is 6.54 Å². The Hall–Kier alpha value is -0.810. The summed E-state index contributed by atoms with van der Waals surface area (Å²) in [5.41, 5.74) is 0.773. The molecule has 0 spiro atoms. The first kappa shape index (κ1) is 14.3. The highest BCUT2D eigenvalue weighted by Crippen LogP contribution is 2.08.